The predicted molar refractivity (Wildman–Crippen MR) is 165 cm³/mol. The van der Waals surface area contributed by atoms with Crippen LogP contribution in [0, 0.1) is 17.9 Å². The molecule has 0 radical (unpaired) electrons. The van der Waals surface area contributed by atoms with E-state index in [1.54, 1.807) is 7.11 Å². The van der Waals surface area contributed by atoms with Crippen LogP contribution in [0.4, 0.5) is 4.79 Å². The number of nitrogens with one attached hydrogen (secondary N) is 5. The number of carbonyl (C=O) groups excluding carboxylic acids is 2. The zero-order valence-electron chi connectivity index (χ0n) is 25.9. The van der Waals surface area contributed by atoms with E-state index in [1.165, 1.54) is 37.7 Å². The van der Waals surface area contributed by atoms with E-state index in [-0.39, 0.29) is 35.5 Å². The largest absolute Gasteiger partial charge is 0.388 e. The van der Waals surface area contributed by atoms with Gasteiger partial charge in [-0.1, -0.05) is 32.1 Å². The van der Waals surface area contributed by atoms with E-state index < -0.39 is 5.54 Å². The van der Waals surface area contributed by atoms with Gasteiger partial charge in [0.15, 0.2) is 0 Å². The summed E-state index contributed by atoms with van der Waals surface area (Å²) in [5.74, 6) is 0.342. The normalized spacial score (nSPS) is 34.0. The van der Waals surface area contributed by atoms with Gasteiger partial charge in [-0.2, -0.15) is 0 Å². The van der Waals surface area contributed by atoms with Crippen LogP contribution in [0.25, 0.3) is 4.85 Å². The third-order valence-electron chi connectivity index (χ3n) is 11.3. The second kappa shape index (κ2) is 14.0. The van der Waals surface area contributed by atoms with Gasteiger partial charge in [-0.3, -0.25) is 4.79 Å². The van der Waals surface area contributed by atoms with Crippen LogP contribution < -0.4 is 26.6 Å². The van der Waals surface area contributed by atoms with Crippen molar-refractivity contribution in [3.63, 3.8) is 0 Å². The highest BCUT2D eigenvalue weighted by Crippen LogP contribution is 2.42. The number of amides is 3. The number of carbonyl (C=O) groups is 2. The summed E-state index contributed by atoms with van der Waals surface area (Å²) in [5, 5.41) is 17.0. The van der Waals surface area contributed by atoms with Crippen LogP contribution in [0.5, 0.6) is 0 Å². The quantitative estimate of drug-likeness (QED) is 0.257. The van der Waals surface area contributed by atoms with E-state index in [4.69, 9.17) is 11.3 Å². The zero-order chi connectivity index (χ0) is 29.6. The number of piperidine rings is 1. The van der Waals surface area contributed by atoms with Crippen molar-refractivity contribution >= 4 is 11.9 Å². The van der Waals surface area contributed by atoms with Crippen molar-refractivity contribution in [2.24, 2.45) is 11.3 Å². The summed E-state index contributed by atoms with van der Waals surface area (Å²) in [4.78, 5) is 31.3. The van der Waals surface area contributed by atoms with E-state index in [9.17, 15) is 9.59 Å². The Morgan fingerprint density at radius 2 is 1.81 bits per heavy atom. The van der Waals surface area contributed by atoms with Crippen molar-refractivity contribution in [1.82, 2.24) is 26.6 Å². The fourth-order valence-corrected chi connectivity index (χ4v) is 8.60. The third-order valence-corrected chi connectivity index (χ3v) is 11.3. The topological polar surface area (TPSA) is 108 Å². The minimum atomic E-state index is -1.06. The van der Waals surface area contributed by atoms with Crippen molar-refractivity contribution in [3.8, 4) is 0 Å². The molecule has 0 bridgehead atoms. The SMILES string of the molecule is [C-]#[N+]C1CCC(NC(=O)NC(C)(CC2=CNC3CCCCC23)C(=O)NCC2(C3CCC(OC)CN3)CCCCC2)CC1. The van der Waals surface area contributed by atoms with Gasteiger partial charge in [0.25, 0.3) is 0 Å². The Morgan fingerprint density at radius 1 is 1.05 bits per heavy atom. The molecule has 234 valence electrons. The highest BCUT2D eigenvalue weighted by Gasteiger charge is 2.45. The van der Waals surface area contributed by atoms with E-state index >= 15 is 0 Å². The Bertz CT molecular complexity index is 1000. The van der Waals surface area contributed by atoms with E-state index in [2.05, 4.69) is 37.6 Å². The van der Waals surface area contributed by atoms with Crippen LogP contribution in [0.1, 0.15) is 110 Å². The second-order valence-electron chi connectivity index (χ2n) is 14.1. The van der Waals surface area contributed by atoms with Crippen LogP contribution in [-0.2, 0) is 9.53 Å². The summed E-state index contributed by atoms with van der Waals surface area (Å²) in [7, 11) is 1.79. The summed E-state index contributed by atoms with van der Waals surface area (Å²) in [5.41, 5.74) is 0.219. The van der Waals surface area contributed by atoms with Gasteiger partial charge in [-0.25, -0.2) is 11.4 Å². The highest BCUT2D eigenvalue weighted by atomic mass is 16.5. The molecule has 0 aromatic heterocycles. The molecule has 0 spiro atoms. The Morgan fingerprint density at radius 3 is 2.50 bits per heavy atom. The number of ether oxygens (including phenoxy) is 1. The van der Waals surface area contributed by atoms with Gasteiger partial charge in [0, 0.05) is 68.9 Å². The standard InChI is InChI=1S/C33H54N6O3/c1-32(19-23-20-35-28-10-6-5-9-27(23)28,39-31(41)38-25-13-11-24(34-2)12-14-25)30(40)37-22-33(17-7-4-8-18-33)29-16-15-26(42-3)21-36-29/h20,24-29,35-36H,4-19,21-22H2,1,3H3,(H,37,40)(H2,38,39,41). The monoisotopic (exact) mass is 582 g/mol. The molecule has 2 heterocycles. The second-order valence-corrected chi connectivity index (χ2v) is 14.1. The molecule has 5 atom stereocenters. The first-order valence-corrected chi connectivity index (χ1v) is 16.8. The predicted octanol–water partition coefficient (Wildman–Crippen LogP) is 4.54. The molecule has 9 nitrogen and oxygen atoms in total. The fraction of sp³-hybridized carbons (Fsp3) is 0.848. The first kappa shape index (κ1) is 31.1. The number of fused-ring (bicyclic) bond motifs is 1. The molecular weight excluding hydrogens is 528 g/mol. The molecule has 2 aliphatic heterocycles. The third kappa shape index (κ3) is 7.24. The Hall–Kier alpha value is -2.31. The summed E-state index contributed by atoms with van der Waals surface area (Å²) in [6, 6.07) is 0.647. The molecule has 5 unspecified atom stereocenters. The molecule has 42 heavy (non-hydrogen) atoms. The first-order valence-electron chi connectivity index (χ1n) is 16.8. The Balaban J connectivity index is 1.27. The first-order chi connectivity index (χ1) is 20.3. The van der Waals surface area contributed by atoms with Crippen molar-refractivity contribution in [2.75, 3.05) is 20.2 Å². The van der Waals surface area contributed by atoms with Gasteiger partial charge in [0.2, 0.25) is 11.9 Å². The van der Waals surface area contributed by atoms with Gasteiger partial charge >= 0.3 is 6.03 Å². The average molecular weight is 583 g/mol. The summed E-state index contributed by atoms with van der Waals surface area (Å²) >= 11 is 0. The van der Waals surface area contributed by atoms with Crippen molar-refractivity contribution in [2.45, 2.75) is 145 Å². The highest BCUT2D eigenvalue weighted by molar-refractivity contribution is 5.91. The maximum atomic E-state index is 14.2. The Kier molecular flexibility index (Phi) is 10.4. The average Bonchev–Trinajstić information content (AvgIpc) is 3.42. The van der Waals surface area contributed by atoms with Crippen LogP contribution in [0.2, 0.25) is 0 Å². The van der Waals surface area contributed by atoms with Gasteiger partial charge in [-0.05, 0) is 70.1 Å². The van der Waals surface area contributed by atoms with Gasteiger partial charge in [0.1, 0.15) is 5.54 Å². The maximum absolute atomic E-state index is 14.2. The van der Waals surface area contributed by atoms with E-state index in [0.717, 1.165) is 70.8 Å². The summed E-state index contributed by atoms with van der Waals surface area (Å²) in [6.45, 7) is 10.7. The van der Waals surface area contributed by atoms with Crippen LogP contribution in [0.3, 0.4) is 0 Å². The number of urea groups is 1. The minimum absolute atomic E-state index is 0.0278. The summed E-state index contributed by atoms with van der Waals surface area (Å²) in [6.07, 6.45) is 18.9. The van der Waals surface area contributed by atoms with Crippen LogP contribution in [0.15, 0.2) is 11.8 Å². The lowest BCUT2D eigenvalue weighted by atomic mass is 9.66. The van der Waals surface area contributed by atoms with E-state index in [1.807, 2.05) is 6.92 Å². The van der Waals surface area contributed by atoms with Gasteiger partial charge < -0.3 is 36.2 Å². The lowest BCUT2D eigenvalue weighted by Gasteiger charge is -2.47. The maximum Gasteiger partial charge on any atom is 0.315 e. The molecule has 1 saturated heterocycles. The molecule has 5 aliphatic rings. The van der Waals surface area contributed by atoms with Crippen molar-refractivity contribution in [3.05, 3.63) is 23.2 Å². The molecule has 0 aromatic rings. The molecular formula is C33H54N6O3. The lowest BCUT2D eigenvalue weighted by molar-refractivity contribution is -0.127. The molecule has 5 N–H and O–H groups in total. The van der Waals surface area contributed by atoms with Gasteiger partial charge in [-0.15, -0.1) is 0 Å². The molecule has 5 rings (SSSR count). The molecule has 0 aromatic carbocycles. The van der Waals surface area contributed by atoms with E-state index in [0.29, 0.717) is 31.0 Å². The van der Waals surface area contributed by atoms with Crippen molar-refractivity contribution < 1.29 is 14.3 Å². The van der Waals surface area contributed by atoms with Crippen LogP contribution in [-0.4, -0.2) is 67.9 Å². The molecule has 4 fully saturated rings. The number of rotatable bonds is 9. The smallest absolute Gasteiger partial charge is 0.315 e. The summed E-state index contributed by atoms with van der Waals surface area (Å²) < 4.78 is 5.60. The molecule has 3 saturated carbocycles. The molecule has 3 aliphatic carbocycles. The number of hydrogen-bond donors (Lipinski definition) is 5. The lowest BCUT2D eigenvalue weighted by Crippen LogP contribution is -2.62. The van der Waals surface area contributed by atoms with Gasteiger partial charge in [0.05, 0.1) is 6.10 Å². The number of nitrogens with zero attached hydrogens (tertiary/aromatic N) is 1. The zero-order valence-corrected chi connectivity index (χ0v) is 25.9. The minimum Gasteiger partial charge on any atom is -0.388 e. The van der Waals surface area contributed by atoms with Crippen LogP contribution >= 0.6 is 0 Å². The molecule has 3 amide bonds. The van der Waals surface area contributed by atoms with Crippen molar-refractivity contribution in [1.29, 1.82) is 0 Å². The Labute approximate surface area is 252 Å². The fourth-order valence-electron chi connectivity index (χ4n) is 8.60. The molecule has 9 heteroatoms. The number of methoxy groups -OCH3 is 1. The number of hydrogen-bond acceptors (Lipinski definition) is 5.